The molecule has 0 spiro atoms. The van der Waals surface area contributed by atoms with Crippen LogP contribution in [0.5, 0.6) is 0 Å². The second-order valence-corrected chi connectivity index (χ2v) is 5.07. The zero-order valence-corrected chi connectivity index (χ0v) is 10.9. The Hall–Kier alpha value is -1.35. The fourth-order valence-corrected chi connectivity index (χ4v) is 2.67. The van der Waals surface area contributed by atoms with Crippen molar-refractivity contribution in [2.75, 3.05) is 13.2 Å². The molecule has 0 bridgehead atoms. The Morgan fingerprint density at radius 3 is 2.78 bits per heavy atom. The molecule has 0 radical (unpaired) electrons. The van der Waals surface area contributed by atoms with Gasteiger partial charge in [0.25, 0.3) is 0 Å². The van der Waals surface area contributed by atoms with Crippen molar-refractivity contribution in [3.05, 3.63) is 35.9 Å². The Morgan fingerprint density at radius 2 is 2.11 bits per heavy atom. The maximum Gasteiger partial charge on any atom is 0.223 e. The quantitative estimate of drug-likeness (QED) is 0.867. The van der Waals surface area contributed by atoms with Crippen LogP contribution in [0.3, 0.4) is 0 Å². The third kappa shape index (κ3) is 2.91. The third-order valence-corrected chi connectivity index (χ3v) is 3.76. The van der Waals surface area contributed by atoms with Gasteiger partial charge in [-0.2, -0.15) is 0 Å². The first-order valence-electron chi connectivity index (χ1n) is 6.67. The van der Waals surface area contributed by atoms with Crippen LogP contribution in [0, 0.1) is 5.92 Å². The summed E-state index contributed by atoms with van der Waals surface area (Å²) in [5, 5.41) is 8.85. The van der Waals surface area contributed by atoms with Gasteiger partial charge < -0.3 is 10.0 Å². The highest BCUT2D eigenvalue weighted by Crippen LogP contribution is 2.30. The minimum Gasteiger partial charge on any atom is -0.396 e. The molecule has 1 amide bonds. The third-order valence-electron chi connectivity index (χ3n) is 3.76. The summed E-state index contributed by atoms with van der Waals surface area (Å²) in [7, 11) is 0. The molecular formula is C15H21NO2. The molecule has 1 aliphatic rings. The number of amides is 1. The second-order valence-electron chi connectivity index (χ2n) is 5.07. The highest BCUT2D eigenvalue weighted by atomic mass is 16.2. The van der Waals surface area contributed by atoms with Gasteiger partial charge in [0.15, 0.2) is 0 Å². The molecule has 2 atom stereocenters. The van der Waals surface area contributed by atoms with E-state index >= 15 is 0 Å². The minimum absolute atomic E-state index is 0.151. The zero-order valence-electron chi connectivity index (χ0n) is 10.9. The largest absolute Gasteiger partial charge is 0.396 e. The maximum atomic E-state index is 12.0. The van der Waals surface area contributed by atoms with Crippen LogP contribution in [-0.2, 0) is 4.79 Å². The number of benzene rings is 1. The highest BCUT2D eigenvalue weighted by molar-refractivity contribution is 5.79. The molecule has 18 heavy (non-hydrogen) atoms. The fourth-order valence-electron chi connectivity index (χ4n) is 2.67. The standard InChI is InChI=1S/C15H21NO2/c1-12(14-7-3-2-4-8-14)16-11-13(6-5-9-17)10-15(16)18/h2-4,7-8,12-13,17H,5-6,9-11H2,1H3/t12-,13-/m1/s1. The lowest BCUT2D eigenvalue weighted by atomic mass is 10.0. The van der Waals surface area contributed by atoms with Gasteiger partial charge in [-0.05, 0) is 31.2 Å². The zero-order chi connectivity index (χ0) is 13.0. The summed E-state index contributed by atoms with van der Waals surface area (Å²) in [5.74, 6) is 0.658. The second kappa shape index (κ2) is 6.01. The van der Waals surface area contributed by atoms with E-state index in [1.165, 1.54) is 5.56 Å². The van der Waals surface area contributed by atoms with E-state index in [1.807, 2.05) is 23.1 Å². The summed E-state index contributed by atoms with van der Waals surface area (Å²) >= 11 is 0. The number of carbonyl (C=O) groups excluding carboxylic acids is 1. The van der Waals surface area contributed by atoms with Gasteiger partial charge in [-0.15, -0.1) is 0 Å². The molecular weight excluding hydrogens is 226 g/mol. The maximum absolute atomic E-state index is 12.0. The van der Waals surface area contributed by atoms with Gasteiger partial charge in [0.05, 0.1) is 6.04 Å². The summed E-state index contributed by atoms with van der Waals surface area (Å²) in [4.78, 5) is 14.0. The van der Waals surface area contributed by atoms with Gasteiger partial charge >= 0.3 is 0 Å². The van der Waals surface area contributed by atoms with Crippen LogP contribution in [0.1, 0.15) is 37.8 Å². The lowest BCUT2D eigenvalue weighted by Gasteiger charge is -2.25. The number of rotatable bonds is 5. The fraction of sp³-hybridized carbons (Fsp3) is 0.533. The molecule has 2 rings (SSSR count). The molecule has 1 N–H and O–H groups in total. The number of aliphatic hydroxyl groups is 1. The highest BCUT2D eigenvalue weighted by Gasteiger charge is 2.32. The first kappa shape index (κ1) is 13.1. The Kier molecular flexibility index (Phi) is 4.37. The lowest BCUT2D eigenvalue weighted by molar-refractivity contribution is -0.129. The van der Waals surface area contributed by atoms with E-state index in [-0.39, 0.29) is 18.6 Å². The van der Waals surface area contributed by atoms with Crippen molar-refractivity contribution >= 4 is 5.91 Å². The smallest absolute Gasteiger partial charge is 0.223 e. The van der Waals surface area contributed by atoms with Crippen LogP contribution in [0.2, 0.25) is 0 Å². The van der Waals surface area contributed by atoms with E-state index in [0.717, 1.165) is 19.4 Å². The van der Waals surface area contributed by atoms with Crippen molar-refractivity contribution < 1.29 is 9.90 Å². The Labute approximate surface area is 108 Å². The predicted molar refractivity (Wildman–Crippen MR) is 71.0 cm³/mol. The number of hydrogen-bond acceptors (Lipinski definition) is 2. The first-order chi connectivity index (χ1) is 8.72. The Balaban J connectivity index is 1.99. The molecule has 1 aliphatic heterocycles. The summed E-state index contributed by atoms with van der Waals surface area (Å²) in [5.41, 5.74) is 1.19. The number of aliphatic hydroxyl groups excluding tert-OH is 1. The van der Waals surface area contributed by atoms with Gasteiger partial charge in [0, 0.05) is 19.6 Å². The summed E-state index contributed by atoms with van der Waals surface area (Å²) in [6.45, 7) is 3.13. The topological polar surface area (TPSA) is 40.5 Å². The van der Waals surface area contributed by atoms with Gasteiger partial charge in [-0.25, -0.2) is 0 Å². The molecule has 3 heteroatoms. The van der Waals surface area contributed by atoms with Crippen LogP contribution in [0.25, 0.3) is 0 Å². The van der Waals surface area contributed by atoms with Crippen molar-refractivity contribution in [3.63, 3.8) is 0 Å². The van der Waals surface area contributed by atoms with Gasteiger partial charge in [0.1, 0.15) is 0 Å². The SMILES string of the molecule is C[C@H](c1ccccc1)N1C[C@H](CCCO)CC1=O. The Bertz CT molecular complexity index is 391. The van der Waals surface area contributed by atoms with Gasteiger partial charge in [-0.1, -0.05) is 30.3 Å². The van der Waals surface area contributed by atoms with E-state index in [2.05, 4.69) is 19.1 Å². The predicted octanol–water partition coefficient (Wildman–Crippen LogP) is 2.37. The normalized spacial score (nSPS) is 21.3. The molecule has 98 valence electrons. The van der Waals surface area contributed by atoms with E-state index in [1.54, 1.807) is 0 Å². The summed E-state index contributed by atoms with van der Waals surface area (Å²) in [6.07, 6.45) is 2.38. The molecule has 1 aromatic rings. The first-order valence-corrected chi connectivity index (χ1v) is 6.67. The van der Waals surface area contributed by atoms with Crippen LogP contribution in [0.4, 0.5) is 0 Å². The number of hydrogen-bond donors (Lipinski definition) is 1. The Morgan fingerprint density at radius 1 is 1.39 bits per heavy atom. The molecule has 1 aromatic carbocycles. The van der Waals surface area contributed by atoms with E-state index in [4.69, 9.17) is 5.11 Å². The number of likely N-dealkylation sites (tertiary alicyclic amines) is 1. The van der Waals surface area contributed by atoms with Crippen molar-refractivity contribution in [3.8, 4) is 0 Å². The lowest BCUT2D eigenvalue weighted by Crippen LogP contribution is -2.28. The van der Waals surface area contributed by atoms with Gasteiger partial charge in [-0.3, -0.25) is 4.79 Å². The van der Waals surface area contributed by atoms with E-state index < -0.39 is 0 Å². The van der Waals surface area contributed by atoms with Crippen LogP contribution in [0.15, 0.2) is 30.3 Å². The minimum atomic E-state index is 0.151. The molecule has 0 aromatic heterocycles. The monoisotopic (exact) mass is 247 g/mol. The summed E-state index contributed by atoms with van der Waals surface area (Å²) in [6, 6.07) is 10.3. The molecule has 0 unspecified atom stereocenters. The molecule has 3 nitrogen and oxygen atoms in total. The van der Waals surface area contributed by atoms with Crippen molar-refractivity contribution in [1.29, 1.82) is 0 Å². The number of nitrogens with zero attached hydrogens (tertiary/aromatic N) is 1. The molecule has 0 saturated carbocycles. The van der Waals surface area contributed by atoms with Crippen molar-refractivity contribution in [1.82, 2.24) is 4.90 Å². The van der Waals surface area contributed by atoms with Crippen molar-refractivity contribution in [2.24, 2.45) is 5.92 Å². The molecule has 1 fully saturated rings. The number of carbonyl (C=O) groups is 1. The average Bonchev–Trinajstić information content (AvgIpc) is 2.78. The van der Waals surface area contributed by atoms with Crippen molar-refractivity contribution in [2.45, 2.75) is 32.2 Å². The molecule has 1 heterocycles. The molecule has 0 aliphatic carbocycles. The van der Waals surface area contributed by atoms with Gasteiger partial charge in [0.2, 0.25) is 5.91 Å². The van der Waals surface area contributed by atoms with Crippen LogP contribution in [-0.4, -0.2) is 29.1 Å². The molecule has 1 saturated heterocycles. The van der Waals surface area contributed by atoms with E-state index in [0.29, 0.717) is 12.3 Å². The van der Waals surface area contributed by atoms with Crippen LogP contribution < -0.4 is 0 Å². The van der Waals surface area contributed by atoms with Crippen LogP contribution >= 0.6 is 0 Å². The average molecular weight is 247 g/mol. The summed E-state index contributed by atoms with van der Waals surface area (Å²) < 4.78 is 0. The van der Waals surface area contributed by atoms with E-state index in [9.17, 15) is 4.79 Å².